The van der Waals surface area contributed by atoms with Crippen LogP contribution in [0.4, 0.5) is 0 Å². The second-order valence-corrected chi connectivity index (χ2v) is 4.89. The molecule has 2 rings (SSSR count). The smallest absolute Gasteiger partial charge is 0.237 e. The van der Waals surface area contributed by atoms with Crippen LogP contribution in [0.15, 0.2) is 24.3 Å². The minimum absolute atomic E-state index is 0.00923. The third-order valence-electron chi connectivity index (χ3n) is 3.67. The first-order valence-electron chi connectivity index (χ1n) is 6.78. The lowest BCUT2D eigenvalue weighted by molar-refractivity contribution is -0.124. The number of likely N-dealkylation sites (N-methyl/N-ethyl adjacent to an activating group) is 1. The standard InChI is InChI=1S/C15H20N2O3/c1-16-15(19)13-4-3-9-17(13)10-14(18)11-5-7-12(20-2)8-6-11/h5-8,13H,3-4,9-10H2,1-2H3,(H,16,19). The predicted molar refractivity (Wildman–Crippen MR) is 76.0 cm³/mol. The zero-order valence-corrected chi connectivity index (χ0v) is 11.9. The molecule has 1 N–H and O–H groups in total. The summed E-state index contributed by atoms with van der Waals surface area (Å²) in [5, 5.41) is 2.66. The molecule has 0 saturated carbocycles. The number of hydrogen-bond donors (Lipinski definition) is 1. The summed E-state index contributed by atoms with van der Waals surface area (Å²) in [7, 11) is 3.22. The van der Waals surface area contributed by atoms with Gasteiger partial charge < -0.3 is 10.1 Å². The molecule has 1 aliphatic heterocycles. The molecule has 5 nitrogen and oxygen atoms in total. The van der Waals surface area contributed by atoms with Crippen LogP contribution >= 0.6 is 0 Å². The summed E-state index contributed by atoms with van der Waals surface area (Å²) in [5.74, 6) is 0.749. The van der Waals surface area contributed by atoms with Gasteiger partial charge in [0.25, 0.3) is 0 Å². The molecule has 0 aromatic heterocycles. The molecule has 20 heavy (non-hydrogen) atoms. The van der Waals surface area contributed by atoms with Crippen LogP contribution in [0.3, 0.4) is 0 Å². The maximum absolute atomic E-state index is 12.2. The average Bonchev–Trinajstić information content (AvgIpc) is 2.94. The molecule has 1 atom stereocenters. The number of likely N-dealkylation sites (tertiary alicyclic amines) is 1. The Labute approximate surface area is 118 Å². The number of methoxy groups -OCH3 is 1. The number of benzene rings is 1. The van der Waals surface area contributed by atoms with Crippen LogP contribution < -0.4 is 10.1 Å². The third-order valence-corrected chi connectivity index (χ3v) is 3.67. The molecule has 1 fully saturated rings. The van der Waals surface area contributed by atoms with Gasteiger partial charge in [-0.25, -0.2) is 0 Å². The van der Waals surface area contributed by atoms with Gasteiger partial charge in [-0.15, -0.1) is 0 Å². The van der Waals surface area contributed by atoms with Crippen LogP contribution in [0.1, 0.15) is 23.2 Å². The van der Waals surface area contributed by atoms with Crippen LogP contribution in [0.25, 0.3) is 0 Å². The summed E-state index contributed by atoms with van der Waals surface area (Å²) in [6.07, 6.45) is 1.77. The van der Waals surface area contributed by atoms with Gasteiger partial charge in [-0.2, -0.15) is 0 Å². The van der Waals surface area contributed by atoms with Gasteiger partial charge in [-0.05, 0) is 43.7 Å². The predicted octanol–water partition coefficient (Wildman–Crippen LogP) is 1.09. The largest absolute Gasteiger partial charge is 0.497 e. The SMILES string of the molecule is CNC(=O)C1CCCN1CC(=O)c1ccc(OC)cc1. The number of nitrogens with one attached hydrogen (secondary N) is 1. The van der Waals surface area contributed by atoms with E-state index in [4.69, 9.17) is 4.74 Å². The van der Waals surface area contributed by atoms with Crippen molar-refractivity contribution in [3.8, 4) is 5.75 Å². The Hall–Kier alpha value is -1.88. The molecule has 1 aromatic carbocycles. The van der Waals surface area contributed by atoms with Gasteiger partial charge >= 0.3 is 0 Å². The van der Waals surface area contributed by atoms with Gasteiger partial charge in [0.2, 0.25) is 5.91 Å². The van der Waals surface area contributed by atoms with E-state index < -0.39 is 0 Å². The molecule has 0 spiro atoms. The lowest BCUT2D eigenvalue weighted by Crippen LogP contribution is -2.43. The fourth-order valence-electron chi connectivity index (χ4n) is 2.53. The van der Waals surface area contributed by atoms with Crippen LogP contribution in [-0.4, -0.2) is 49.9 Å². The van der Waals surface area contributed by atoms with Crippen LogP contribution in [0.2, 0.25) is 0 Å². The van der Waals surface area contributed by atoms with Crippen molar-refractivity contribution in [2.75, 3.05) is 27.2 Å². The summed E-state index contributed by atoms with van der Waals surface area (Å²) < 4.78 is 5.07. The van der Waals surface area contributed by atoms with E-state index in [0.717, 1.165) is 25.1 Å². The summed E-state index contributed by atoms with van der Waals surface area (Å²) in [6, 6.07) is 6.88. The Morgan fingerprint density at radius 2 is 2.05 bits per heavy atom. The van der Waals surface area contributed by atoms with Crippen molar-refractivity contribution in [2.45, 2.75) is 18.9 Å². The molecular weight excluding hydrogens is 256 g/mol. The highest BCUT2D eigenvalue weighted by Gasteiger charge is 2.31. The molecule has 1 heterocycles. The van der Waals surface area contributed by atoms with Gasteiger partial charge in [0.05, 0.1) is 19.7 Å². The number of ketones is 1. The zero-order chi connectivity index (χ0) is 14.5. The van der Waals surface area contributed by atoms with E-state index in [1.54, 1.807) is 38.4 Å². The summed E-state index contributed by atoms with van der Waals surface area (Å²) in [5.41, 5.74) is 0.647. The minimum Gasteiger partial charge on any atom is -0.497 e. The van der Waals surface area contributed by atoms with E-state index in [1.165, 1.54) is 0 Å². The quantitative estimate of drug-likeness (QED) is 0.818. The highest BCUT2D eigenvalue weighted by molar-refractivity contribution is 5.98. The van der Waals surface area contributed by atoms with Gasteiger partial charge in [-0.1, -0.05) is 0 Å². The van der Waals surface area contributed by atoms with E-state index in [-0.39, 0.29) is 24.3 Å². The van der Waals surface area contributed by atoms with Crippen molar-refractivity contribution in [1.29, 1.82) is 0 Å². The van der Waals surface area contributed by atoms with E-state index in [2.05, 4.69) is 5.32 Å². The molecule has 1 aromatic rings. The number of Topliss-reactive ketones (excluding diaryl/α,β-unsaturated/α-hetero) is 1. The highest BCUT2D eigenvalue weighted by atomic mass is 16.5. The van der Waals surface area contributed by atoms with Gasteiger partial charge in [0, 0.05) is 12.6 Å². The number of carbonyl (C=O) groups is 2. The molecule has 1 amide bonds. The fourth-order valence-corrected chi connectivity index (χ4v) is 2.53. The topological polar surface area (TPSA) is 58.6 Å². The van der Waals surface area contributed by atoms with E-state index in [1.807, 2.05) is 4.90 Å². The van der Waals surface area contributed by atoms with Crippen LogP contribution in [-0.2, 0) is 4.79 Å². The first-order chi connectivity index (χ1) is 9.65. The van der Waals surface area contributed by atoms with Crippen molar-refractivity contribution in [2.24, 2.45) is 0 Å². The Bertz CT molecular complexity index is 484. The normalized spacial score (nSPS) is 18.8. The zero-order valence-electron chi connectivity index (χ0n) is 11.9. The highest BCUT2D eigenvalue weighted by Crippen LogP contribution is 2.18. The number of nitrogens with zero attached hydrogens (tertiary/aromatic N) is 1. The lowest BCUT2D eigenvalue weighted by Gasteiger charge is -2.22. The average molecular weight is 276 g/mol. The molecule has 5 heteroatoms. The van der Waals surface area contributed by atoms with Crippen molar-refractivity contribution < 1.29 is 14.3 Å². The third kappa shape index (κ3) is 3.17. The molecule has 0 aliphatic carbocycles. The second kappa shape index (κ2) is 6.52. The Balaban J connectivity index is 2.01. The number of rotatable bonds is 5. The molecule has 1 aliphatic rings. The van der Waals surface area contributed by atoms with E-state index >= 15 is 0 Å². The summed E-state index contributed by atoms with van der Waals surface area (Å²) >= 11 is 0. The Morgan fingerprint density at radius 1 is 1.35 bits per heavy atom. The van der Waals surface area contributed by atoms with Crippen LogP contribution in [0.5, 0.6) is 5.75 Å². The van der Waals surface area contributed by atoms with Crippen molar-refractivity contribution in [1.82, 2.24) is 10.2 Å². The van der Waals surface area contributed by atoms with Crippen molar-refractivity contribution in [3.05, 3.63) is 29.8 Å². The first kappa shape index (κ1) is 14.5. The molecule has 108 valence electrons. The molecule has 0 bridgehead atoms. The second-order valence-electron chi connectivity index (χ2n) is 4.89. The lowest BCUT2D eigenvalue weighted by atomic mass is 10.1. The molecule has 1 unspecified atom stereocenters. The molecule has 1 saturated heterocycles. The number of ether oxygens (including phenoxy) is 1. The van der Waals surface area contributed by atoms with Crippen molar-refractivity contribution in [3.63, 3.8) is 0 Å². The number of carbonyl (C=O) groups excluding carboxylic acids is 2. The maximum atomic E-state index is 12.2. The monoisotopic (exact) mass is 276 g/mol. The Morgan fingerprint density at radius 3 is 2.65 bits per heavy atom. The van der Waals surface area contributed by atoms with Gasteiger partial charge in [0.15, 0.2) is 5.78 Å². The summed E-state index contributed by atoms with van der Waals surface area (Å²) in [6.45, 7) is 1.07. The van der Waals surface area contributed by atoms with Gasteiger partial charge in [0.1, 0.15) is 5.75 Å². The van der Waals surface area contributed by atoms with E-state index in [9.17, 15) is 9.59 Å². The van der Waals surface area contributed by atoms with Gasteiger partial charge in [-0.3, -0.25) is 14.5 Å². The molecule has 0 radical (unpaired) electrons. The first-order valence-corrected chi connectivity index (χ1v) is 6.78. The fraction of sp³-hybridized carbons (Fsp3) is 0.467. The number of amides is 1. The summed E-state index contributed by atoms with van der Waals surface area (Å²) in [4.78, 5) is 25.9. The number of hydrogen-bond acceptors (Lipinski definition) is 4. The molecular formula is C15H20N2O3. The van der Waals surface area contributed by atoms with Crippen molar-refractivity contribution >= 4 is 11.7 Å². The minimum atomic E-state index is -0.179. The maximum Gasteiger partial charge on any atom is 0.237 e. The van der Waals surface area contributed by atoms with E-state index in [0.29, 0.717) is 5.56 Å². The van der Waals surface area contributed by atoms with Crippen LogP contribution in [0, 0.1) is 0 Å². The Kier molecular flexibility index (Phi) is 4.74.